The summed E-state index contributed by atoms with van der Waals surface area (Å²) in [5.74, 6) is 0. The van der Waals surface area contributed by atoms with Crippen LogP contribution in [0.4, 0.5) is 0 Å². The Labute approximate surface area is 106 Å². The highest BCUT2D eigenvalue weighted by Crippen LogP contribution is 2.49. The first kappa shape index (κ1) is 12.6. The minimum atomic E-state index is -0.905. The van der Waals surface area contributed by atoms with E-state index in [-0.39, 0.29) is 0 Å². The summed E-state index contributed by atoms with van der Waals surface area (Å²) >= 11 is 19.0. The maximum Gasteiger partial charge on any atom is 0.210 e. The molecule has 0 bridgehead atoms. The predicted molar refractivity (Wildman–Crippen MR) is 64.1 cm³/mol. The van der Waals surface area contributed by atoms with Crippen LogP contribution in [0.15, 0.2) is 0 Å². The Morgan fingerprint density at radius 3 is 2.31 bits per heavy atom. The molecule has 1 aliphatic rings. The Bertz CT molecular complexity index is 156. The second kappa shape index (κ2) is 5.02. The number of hydrogen-bond acceptors (Lipinski definition) is 1. The topological polar surface area (TPSA) is 9.23 Å². The van der Waals surface area contributed by atoms with Crippen molar-refractivity contribution in [3.05, 3.63) is 0 Å². The van der Waals surface area contributed by atoms with Crippen LogP contribution in [-0.4, -0.2) is 14.4 Å². The summed E-state index contributed by atoms with van der Waals surface area (Å²) in [5, 5.41) is 0. The molecular formula is C8H12Br2Cl2O. The van der Waals surface area contributed by atoms with Crippen molar-refractivity contribution >= 4 is 55.1 Å². The normalized spacial score (nSPS) is 28.6. The van der Waals surface area contributed by atoms with Crippen LogP contribution < -0.4 is 0 Å². The van der Waals surface area contributed by atoms with Gasteiger partial charge in [-0.25, -0.2) is 0 Å². The fraction of sp³-hybridized carbons (Fsp3) is 1.00. The molecule has 0 unspecified atom stereocenters. The molecule has 13 heavy (non-hydrogen) atoms. The van der Waals surface area contributed by atoms with Crippen molar-refractivity contribution in [1.29, 1.82) is 0 Å². The van der Waals surface area contributed by atoms with E-state index in [4.69, 9.17) is 27.9 Å². The van der Waals surface area contributed by atoms with Crippen molar-refractivity contribution in [2.45, 2.75) is 39.9 Å². The Hall–Kier alpha value is 1.50. The molecule has 0 aromatic carbocycles. The maximum atomic E-state index is 6.16. The SMILES string of the molecule is ClC1(Cl)CCCCCCOC1(Br)Br. The molecule has 5 heteroatoms. The standard InChI is InChI=1S/C8H12Br2Cl2O/c9-8(10)7(11,12)5-3-1-2-4-6-13-8/h1-6H2. The zero-order chi connectivity index (χ0) is 9.95. The van der Waals surface area contributed by atoms with E-state index in [0.29, 0.717) is 6.61 Å². The molecule has 0 atom stereocenters. The third-order valence-corrected chi connectivity index (χ3v) is 5.73. The third-order valence-electron chi connectivity index (χ3n) is 2.09. The smallest absolute Gasteiger partial charge is 0.210 e. The van der Waals surface area contributed by atoms with Crippen LogP contribution in [0, 0.1) is 0 Å². The van der Waals surface area contributed by atoms with Crippen LogP contribution in [0.1, 0.15) is 32.1 Å². The van der Waals surface area contributed by atoms with Gasteiger partial charge in [-0.05, 0) is 44.7 Å². The summed E-state index contributed by atoms with van der Waals surface area (Å²) in [5.41, 5.74) is 0. The van der Waals surface area contributed by atoms with Gasteiger partial charge >= 0.3 is 0 Å². The fourth-order valence-electron chi connectivity index (χ4n) is 1.25. The van der Waals surface area contributed by atoms with E-state index in [2.05, 4.69) is 31.9 Å². The first-order chi connectivity index (χ1) is 5.96. The molecule has 1 rings (SSSR count). The highest BCUT2D eigenvalue weighted by atomic mass is 79.9. The zero-order valence-electron chi connectivity index (χ0n) is 7.16. The van der Waals surface area contributed by atoms with Crippen molar-refractivity contribution in [1.82, 2.24) is 0 Å². The summed E-state index contributed by atoms with van der Waals surface area (Å²) in [7, 11) is 0. The lowest BCUT2D eigenvalue weighted by molar-refractivity contribution is 0.0868. The molecule has 0 aromatic heterocycles. The second-order valence-electron chi connectivity index (χ2n) is 3.23. The van der Waals surface area contributed by atoms with E-state index in [1.165, 1.54) is 12.8 Å². The fourth-order valence-corrected chi connectivity index (χ4v) is 2.35. The van der Waals surface area contributed by atoms with Gasteiger partial charge in [-0.1, -0.05) is 42.5 Å². The van der Waals surface area contributed by atoms with Gasteiger partial charge in [-0.15, -0.1) is 0 Å². The van der Waals surface area contributed by atoms with Crippen molar-refractivity contribution in [2.24, 2.45) is 0 Å². The average molecular weight is 355 g/mol. The molecule has 1 saturated heterocycles. The summed E-state index contributed by atoms with van der Waals surface area (Å²) in [4.78, 5) is 0. The third kappa shape index (κ3) is 3.53. The molecular weight excluding hydrogens is 343 g/mol. The van der Waals surface area contributed by atoms with Crippen molar-refractivity contribution < 1.29 is 4.74 Å². The van der Waals surface area contributed by atoms with Gasteiger partial charge < -0.3 is 4.74 Å². The van der Waals surface area contributed by atoms with E-state index < -0.39 is 7.75 Å². The Morgan fingerprint density at radius 1 is 1.00 bits per heavy atom. The largest absolute Gasteiger partial charge is 0.351 e. The van der Waals surface area contributed by atoms with Gasteiger partial charge in [-0.2, -0.15) is 0 Å². The lowest BCUT2D eigenvalue weighted by atomic mass is 10.1. The van der Waals surface area contributed by atoms with Gasteiger partial charge in [0.1, 0.15) is 0 Å². The molecule has 0 saturated carbocycles. The average Bonchev–Trinajstić information content (AvgIpc) is 2.05. The molecule has 0 aromatic rings. The summed E-state index contributed by atoms with van der Waals surface area (Å²) in [6.07, 6.45) is 5.17. The first-order valence-electron chi connectivity index (χ1n) is 4.35. The number of hydrogen-bond donors (Lipinski definition) is 0. The number of alkyl halides is 4. The van der Waals surface area contributed by atoms with Crippen LogP contribution >= 0.6 is 55.1 Å². The molecule has 1 fully saturated rings. The Morgan fingerprint density at radius 2 is 1.62 bits per heavy atom. The molecule has 0 spiro atoms. The van der Waals surface area contributed by atoms with E-state index in [1.807, 2.05) is 0 Å². The molecule has 1 heterocycles. The first-order valence-corrected chi connectivity index (χ1v) is 6.69. The highest BCUT2D eigenvalue weighted by molar-refractivity contribution is 9.25. The van der Waals surface area contributed by atoms with Crippen molar-refractivity contribution in [2.75, 3.05) is 6.61 Å². The zero-order valence-corrected chi connectivity index (χ0v) is 11.8. The van der Waals surface area contributed by atoms with Gasteiger partial charge in [0.2, 0.25) is 3.42 Å². The molecule has 0 aliphatic carbocycles. The van der Waals surface area contributed by atoms with E-state index in [0.717, 1.165) is 19.3 Å². The molecule has 0 N–H and O–H groups in total. The van der Waals surface area contributed by atoms with Crippen LogP contribution in [0.3, 0.4) is 0 Å². The van der Waals surface area contributed by atoms with Gasteiger partial charge in [0, 0.05) is 6.61 Å². The van der Waals surface area contributed by atoms with Crippen LogP contribution in [-0.2, 0) is 4.74 Å². The number of rotatable bonds is 0. The molecule has 0 radical (unpaired) electrons. The molecule has 1 nitrogen and oxygen atoms in total. The van der Waals surface area contributed by atoms with Crippen LogP contribution in [0.2, 0.25) is 0 Å². The molecule has 0 amide bonds. The van der Waals surface area contributed by atoms with Gasteiger partial charge in [0.25, 0.3) is 0 Å². The lowest BCUT2D eigenvalue weighted by Crippen LogP contribution is -2.37. The Balaban J connectivity index is 2.66. The van der Waals surface area contributed by atoms with E-state index >= 15 is 0 Å². The highest BCUT2D eigenvalue weighted by Gasteiger charge is 2.46. The van der Waals surface area contributed by atoms with Gasteiger partial charge in [0.05, 0.1) is 0 Å². The summed E-state index contributed by atoms with van der Waals surface area (Å²) in [6.45, 7) is 0.678. The molecule has 1 aliphatic heterocycles. The molecule has 78 valence electrons. The quantitative estimate of drug-likeness (QED) is 0.578. The van der Waals surface area contributed by atoms with Crippen molar-refractivity contribution in [3.63, 3.8) is 0 Å². The summed E-state index contributed by atoms with van der Waals surface area (Å²) in [6, 6.07) is 0. The lowest BCUT2D eigenvalue weighted by Gasteiger charge is -2.32. The summed E-state index contributed by atoms with van der Waals surface area (Å²) < 4.78 is 3.82. The van der Waals surface area contributed by atoms with E-state index in [9.17, 15) is 0 Å². The van der Waals surface area contributed by atoms with Gasteiger partial charge in [-0.3, -0.25) is 0 Å². The van der Waals surface area contributed by atoms with Crippen LogP contribution in [0.5, 0.6) is 0 Å². The maximum absolute atomic E-state index is 6.16. The minimum Gasteiger partial charge on any atom is -0.351 e. The monoisotopic (exact) mass is 352 g/mol. The van der Waals surface area contributed by atoms with Crippen LogP contribution in [0.25, 0.3) is 0 Å². The number of halogens is 4. The minimum absolute atomic E-state index is 0.678. The number of ether oxygens (including phenoxy) is 1. The predicted octanol–water partition coefficient (Wildman–Crippen LogP) is 4.58. The second-order valence-corrected chi connectivity index (χ2v) is 8.02. The van der Waals surface area contributed by atoms with E-state index in [1.54, 1.807) is 0 Å². The van der Waals surface area contributed by atoms with Crippen molar-refractivity contribution in [3.8, 4) is 0 Å². The van der Waals surface area contributed by atoms with Gasteiger partial charge in [0.15, 0.2) is 4.33 Å². The Kier molecular flexibility index (Phi) is 4.85.